The largest absolute Gasteiger partial charge is 0.493 e. The highest BCUT2D eigenvalue weighted by Gasteiger charge is 2.40. The highest BCUT2D eigenvalue weighted by molar-refractivity contribution is 6.76. The number of hydrogen-bond acceptors (Lipinski definition) is 5. The third-order valence-corrected chi connectivity index (χ3v) is 4.89. The van der Waals surface area contributed by atoms with Crippen LogP contribution in [0, 0.1) is 0 Å². The summed E-state index contributed by atoms with van der Waals surface area (Å²) in [5, 5.41) is 0. The van der Waals surface area contributed by atoms with Crippen LogP contribution in [0.15, 0.2) is 24.3 Å². The smallest absolute Gasteiger partial charge is 0.330 e. The first kappa shape index (κ1) is 22.7. The first-order chi connectivity index (χ1) is 13.2. The monoisotopic (exact) mass is 449 g/mol. The van der Waals surface area contributed by atoms with E-state index in [1.165, 1.54) is 18.1 Å². The fourth-order valence-corrected chi connectivity index (χ4v) is 3.50. The van der Waals surface area contributed by atoms with E-state index in [-0.39, 0.29) is 6.61 Å². The van der Waals surface area contributed by atoms with Crippen molar-refractivity contribution >= 4 is 46.7 Å². The quantitative estimate of drug-likeness (QED) is 0.372. The Bertz CT molecular complexity index is 761. The van der Waals surface area contributed by atoms with Gasteiger partial charge in [0.2, 0.25) is 0 Å². The van der Waals surface area contributed by atoms with E-state index in [1.54, 1.807) is 20.1 Å². The summed E-state index contributed by atoms with van der Waals surface area (Å²) in [5.74, 6) is 0.0598. The molecule has 1 unspecified atom stereocenters. The van der Waals surface area contributed by atoms with Crippen molar-refractivity contribution in [2.75, 3.05) is 27.4 Å². The predicted molar refractivity (Wildman–Crippen MR) is 108 cm³/mol. The Morgan fingerprint density at radius 2 is 1.86 bits per heavy atom. The van der Waals surface area contributed by atoms with Crippen LogP contribution in [0.5, 0.6) is 11.5 Å². The van der Waals surface area contributed by atoms with E-state index >= 15 is 0 Å². The lowest BCUT2D eigenvalue weighted by Crippen LogP contribution is -2.45. The molecule has 0 N–H and O–H groups in total. The molecule has 1 atom stereocenters. The molecule has 1 aliphatic rings. The average molecular weight is 451 g/mol. The van der Waals surface area contributed by atoms with Gasteiger partial charge in [0.1, 0.15) is 0 Å². The summed E-state index contributed by atoms with van der Waals surface area (Å²) in [6.07, 6.45) is 3.89. The number of methoxy groups -OCH3 is 2. The van der Waals surface area contributed by atoms with Crippen LogP contribution < -0.4 is 9.47 Å². The Labute approximate surface area is 179 Å². The number of nitrogens with zero attached hydrogens (tertiary/aromatic N) is 1. The van der Waals surface area contributed by atoms with Gasteiger partial charge in [-0.25, -0.2) is 4.79 Å². The third kappa shape index (κ3) is 5.25. The first-order valence-corrected chi connectivity index (χ1v) is 9.82. The summed E-state index contributed by atoms with van der Waals surface area (Å²) in [5.41, 5.74) is 1.85. The Hall–Kier alpha value is -1.63. The second-order valence-electron chi connectivity index (χ2n) is 6.06. The van der Waals surface area contributed by atoms with Crippen LogP contribution in [-0.4, -0.2) is 47.9 Å². The van der Waals surface area contributed by atoms with Gasteiger partial charge in [0.25, 0.3) is 9.70 Å². The predicted octanol–water partition coefficient (Wildman–Crippen LogP) is 4.01. The maximum atomic E-state index is 12.7. The molecule has 1 aromatic carbocycles. The maximum absolute atomic E-state index is 12.7. The van der Waals surface area contributed by atoms with Crippen LogP contribution in [-0.2, 0) is 20.7 Å². The van der Waals surface area contributed by atoms with Gasteiger partial charge in [0.15, 0.2) is 11.5 Å². The SMILES string of the molecule is CCOC(=O)/C=C/CC1c2cc(OC)c(OC)cc2CCN1C(=O)C(Cl)(Cl)Cl. The topological polar surface area (TPSA) is 65.1 Å². The van der Waals surface area contributed by atoms with Gasteiger partial charge >= 0.3 is 5.97 Å². The molecule has 0 aromatic heterocycles. The zero-order valence-electron chi connectivity index (χ0n) is 15.8. The molecule has 9 heteroatoms. The first-order valence-electron chi connectivity index (χ1n) is 8.68. The van der Waals surface area contributed by atoms with Gasteiger partial charge in [-0.05, 0) is 43.0 Å². The van der Waals surface area contributed by atoms with E-state index in [1.807, 2.05) is 12.1 Å². The van der Waals surface area contributed by atoms with Gasteiger partial charge in [-0.2, -0.15) is 0 Å². The summed E-state index contributed by atoms with van der Waals surface area (Å²) < 4.78 is 13.6. The lowest BCUT2D eigenvalue weighted by molar-refractivity contribution is -0.137. The number of amides is 1. The second-order valence-corrected chi connectivity index (χ2v) is 8.34. The van der Waals surface area contributed by atoms with E-state index in [2.05, 4.69) is 0 Å². The summed E-state index contributed by atoms with van der Waals surface area (Å²) >= 11 is 17.5. The Balaban J connectivity index is 2.42. The maximum Gasteiger partial charge on any atom is 0.330 e. The van der Waals surface area contributed by atoms with Crippen LogP contribution in [0.2, 0.25) is 0 Å². The number of carbonyl (C=O) groups is 2. The number of hydrogen-bond donors (Lipinski definition) is 0. The van der Waals surface area contributed by atoms with Crippen molar-refractivity contribution in [3.05, 3.63) is 35.4 Å². The zero-order valence-corrected chi connectivity index (χ0v) is 18.1. The number of alkyl halides is 3. The summed E-state index contributed by atoms with van der Waals surface area (Å²) in [7, 11) is 3.10. The lowest BCUT2D eigenvalue weighted by atomic mass is 9.89. The van der Waals surface area contributed by atoms with Gasteiger partial charge in [0, 0.05) is 12.6 Å². The second kappa shape index (κ2) is 9.72. The van der Waals surface area contributed by atoms with Crippen molar-refractivity contribution in [1.82, 2.24) is 4.90 Å². The van der Waals surface area contributed by atoms with Crippen LogP contribution in [0.4, 0.5) is 0 Å². The summed E-state index contributed by atoms with van der Waals surface area (Å²) in [6, 6.07) is 3.26. The zero-order chi connectivity index (χ0) is 20.9. The van der Waals surface area contributed by atoms with E-state index in [4.69, 9.17) is 49.0 Å². The molecule has 2 rings (SSSR count). The molecule has 1 aliphatic heterocycles. The molecule has 6 nitrogen and oxygen atoms in total. The lowest BCUT2D eigenvalue weighted by Gasteiger charge is -2.38. The normalized spacial score (nSPS) is 16.6. The highest BCUT2D eigenvalue weighted by atomic mass is 35.6. The third-order valence-electron chi connectivity index (χ3n) is 4.41. The summed E-state index contributed by atoms with van der Waals surface area (Å²) in [6.45, 7) is 2.38. The molecule has 28 heavy (non-hydrogen) atoms. The van der Waals surface area contributed by atoms with Crippen molar-refractivity contribution in [1.29, 1.82) is 0 Å². The number of halogens is 3. The van der Waals surface area contributed by atoms with Crippen molar-refractivity contribution in [2.45, 2.75) is 29.6 Å². The molecule has 1 aromatic rings. The van der Waals surface area contributed by atoms with E-state index in [9.17, 15) is 9.59 Å². The van der Waals surface area contributed by atoms with Crippen molar-refractivity contribution in [3.63, 3.8) is 0 Å². The van der Waals surface area contributed by atoms with Crippen LogP contribution in [0.3, 0.4) is 0 Å². The standard InChI is InChI=1S/C19H22Cl3NO5/c1-4-28-17(24)7-5-6-14-13-11-16(27-3)15(26-2)10-12(13)8-9-23(14)18(25)19(20,21)22/h5,7,10-11,14H,4,6,8-9H2,1-3H3/b7-5+. The van der Waals surface area contributed by atoms with Crippen molar-refractivity contribution in [2.24, 2.45) is 0 Å². The highest BCUT2D eigenvalue weighted by Crippen LogP contribution is 2.42. The van der Waals surface area contributed by atoms with Crippen molar-refractivity contribution in [3.8, 4) is 11.5 Å². The van der Waals surface area contributed by atoms with E-state index in [0.29, 0.717) is 30.9 Å². The van der Waals surface area contributed by atoms with Gasteiger partial charge in [0.05, 0.1) is 26.9 Å². The van der Waals surface area contributed by atoms with Crippen LogP contribution in [0.1, 0.15) is 30.5 Å². The Kier molecular flexibility index (Phi) is 7.87. The van der Waals surface area contributed by atoms with Gasteiger partial charge < -0.3 is 19.1 Å². The fourth-order valence-electron chi connectivity index (χ4n) is 3.17. The molecule has 1 heterocycles. The Morgan fingerprint density at radius 3 is 2.43 bits per heavy atom. The van der Waals surface area contributed by atoms with Gasteiger partial charge in [-0.1, -0.05) is 40.9 Å². The van der Waals surface area contributed by atoms with E-state index in [0.717, 1.165) is 11.1 Å². The molecule has 0 spiro atoms. The van der Waals surface area contributed by atoms with Gasteiger partial charge in [-0.15, -0.1) is 0 Å². The van der Waals surface area contributed by atoms with Crippen LogP contribution in [0.25, 0.3) is 0 Å². The number of ether oxygens (including phenoxy) is 3. The molecule has 0 radical (unpaired) electrons. The minimum absolute atomic E-state index is 0.282. The van der Waals surface area contributed by atoms with Gasteiger partial charge in [-0.3, -0.25) is 4.79 Å². The molecule has 1 amide bonds. The number of rotatable bonds is 6. The number of benzene rings is 1. The molecule has 0 saturated heterocycles. The number of esters is 1. The summed E-state index contributed by atoms with van der Waals surface area (Å²) in [4.78, 5) is 25.8. The molecular weight excluding hydrogens is 429 g/mol. The minimum atomic E-state index is -2.07. The van der Waals surface area contributed by atoms with E-state index < -0.39 is 21.7 Å². The fraction of sp³-hybridized carbons (Fsp3) is 0.474. The number of fused-ring (bicyclic) bond motifs is 1. The molecular formula is C19H22Cl3NO5. The molecule has 154 valence electrons. The van der Waals surface area contributed by atoms with Crippen molar-refractivity contribution < 1.29 is 23.8 Å². The number of carbonyl (C=O) groups excluding carboxylic acids is 2. The minimum Gasteiger partial charge on any atom is -0.493 e. The average Bonchev–Trinajstić information content (AvgIpc) is 2.65. The molecule has 0 aliphatic carbocycles. The Morgan fingerprint density at radius 1 is 1.21 bits per heavy atom. The molecule has 0 fully saturated rings. The van der Waals surface area contributed by atoms with Crippen LogP contribution >= 0.6 is 34.8 Å². The molecule has 0 bridgehead atoms. The molecule has 0 saturated carbocycles.